The van der Waals surface area contributed by atoms with E-state index in [0.29, 0.717) is 12.8 Å². The third-order valence-corrected chi connectivity index (χ3v) is 5.98. The van der Waals surface area contributed by atoms with Gasteiger partial charge in [-0.3, -0.25) is 14.3 Å². The first-order chi connectivity index (χ1) is 12.8. The summed E-state index contributed by atoms with van der Waals surface area (Å²) in [5, 5.41) is 0. The van der Waals surface area contributed by atoms with Gasteiger partial charge in [0.1, 0.15) is 17.8 Å². The number of piperidine rings is 1. The number of amides is 1. The van der Waals surface area contributed by atoms with E-state index in [1.165, 1.54) is 19.1 Å². The maximum absolute atomic E-state index is 12.9. The van der Waals surface area contributed by atoms with Crippen LogP contribution < -0.4 is 0 Å². The quantitative estimate of drug-likeness (QED) is 0.456. The van der Waals surface area contributed by atoms with Gasteiger partial charge in [0.2, 0.25) is 0 Å². The molecule has 0 aromatic rings. The van der Waals surface area contributed by atoms with E-state index in [1.54, 1.807) is 34.6 Å². The average Bonchev–Trinajstić information content (AvgIpc) is 2.58. The molecule has 1 saturated heterocycles. The van der Waals surface area contributed by atoms with Gasteiger partial charge in [-0.1, -0.05) is 0 Å². The van der Waals surface area contributed by atoms with Crippen LogP contribution in [0.5, 0.6) is 0 Å². The van der Waals surface area contributed by atoms with Crippen LogP contribution >= 0.6 is 7.60 Å². The smallest absolute Gasteiger partial charge is 0.411 e. The van der Waals surface area contributed by atoms with Crippen LogP contribution in [0.3, 0.4) is 0 Å². The number of Topliss-reactive ketones (excluding diaryl/α,β-unsaturated/α-hetero) is 1. The van der Waals surface area contributed by atoms with Gasteiger partial charge in [-0.25, -0.2) is 9.59 Å². The van der Waals surface area contributed by atoms with Crippen LogP contribution in [-0.4, -0.2) is 67.4 Å². The third kappa shape index (κ3) is 6.87. The van der Waals surface area contributed by atoms with Crippen molar-refractivity contribution in [2.24, 2.45) is 5.92 Å². The van der Waals surface area contributed by atoms with Crippen LogP contribution in [0.2, 0.25) is 0 Å². The molecule has 28 heavy (non-hydrogen) atoms. The van der Waals surface area contributed by atoms with Gasteiger partial charge in [0.05, 0.1) is 6.10 Å². The molecule has 0 radical (unpaired) electrons. The summed E-state index contributed by atoms with van der Waals surface area (Å²) in [4.78, 5) is 39.5. The Kier molecular flexibility index (Phi) is 8.65. The highest BCUT2D eigenvalue weighted by atomic mass is 31.2. The van der Waals surface area contributed by atoms with E-state index in [2.05, 4.69) is 0 Å². The zero-order valence-corrected chi connectivity index (χ0v) is 18.6. The van der Waals surface area contributed by atoms with E-state index in [-0.39, 0.29) is 6.54 Å². The summed E-state index contributed by atoms with van der Waals surface area (Å²) in [6.45, 7) is 8.76. The van der Waals surface area contributed by atoms with Crippen molar-refractivity contribution in [3.8, 4) is 0 Å². The Balaban J connectivity index is 3.18. The second-order valence-corrected chi connectivity index (χ2v) is 10.2. The molecule has 1 heterocycles. The third-order valence-electron chi connectivity index (χ3n) is 4.17. The number of nitrogens with zero attached hydrogens (tertiary/aromatic N) is 1. The lowest BCUT2D eigenvalue weighted by molar-refractivity contribution is -0.159. The predicted octanol–water partition coefficient (Wildman–Crippen LogP) is 3.01. The summed E-state index contributed by atoms with van der Waals surface area (Å²) in [5.41, 5.74) is -0.762. The van der Waals surface area contributed by atoms with Gasteiger partial charge in [-0.2, -0.15) is 0 Å². The van der Waals surface area contributed by atoms with Gasteiger partial charge in [-0.15, -0.1) is 0 Å². The zero-order valence-electron chi connectivity index (χ0n) is 17.7. The van der Waals surface area contributed by atoms with Crippen molar-refractivity contribution >= 4 is 25.4 Å². The van der Waals surface area contributed by atoms with Crippen molar-refractivity contribution in [3.05, 3.63) is 0 Å². The molecule has 9 nitrogen and oxygen atoms in total. The Hall–Kier alpha value is -1.44. The minimum atomic E-state index is -3.60. The lowest BCUT2D eigenvalue weighted by Crippen LogP contribution is -2.56. The lowest BCUT2D eigenvalue weighted by atomic mass is 9.86. The van der Waals surface area contributed by atoms with Crippen molar-refractivity contribution in [2.75, 3.05) is 26.9 Å². The van der Waals surface area contributed by atoms with E-state index < -0.39 is 55.3 Å². The number of esters is 1. The number of hydrogen-bond donors (Lipinski definition) is 0. The van der Waals surface area contributed by atoms with Gasteiger partial charge >= 0.3 is 19.7 Å². The molecule has 0 N–H and O–H groups in total. The molecule has 2 atom stereocenters. The minimum Gasteiger partial charge on any atom is -0.461 e. The van der Waals surface area contributed by atoms with Gasteiger partial charge in [-0.05, 0) is 47.5 Å². The Bertz CT molecular complexity index is 620. The molecule has 10 heteroatoms. The Labute approximate surface area is 166 Å². The molecule has 1 aliphatic heterocycles. The molecule has 0 saturated carbocycles. The largest absolute Gasteiger partial charge is 0.461 e. The van der Waals surface area contributed by atoms with Crippen molar-refractivity contribution in [2.45, 2.75) is 65.2 Å². The maximum atomic E-state index is 12.9. The maximum Gasteiger partial charge on any atom is 0.411 e. The number of likely N-dealkylation sites (tertiary alicyclic amines) is 1. The van der Waals surface area contributed by atoms with E-state index >= 15 is 0 Å². The van der Waals surface area contributed by atoms with E-state index in [9.17, 15) is 18.9 Å². The molecule has 0 spiro atoms. The van der Waals surface area contributed by atoms with Crippen LogP contribution in [0.25, 0.3) is 0 Å². The Morgan fingerprint density at radius 3 is 2.18 bits per heavy atom. The SMILES string of the molecule is COP(=O)(CC(=O)[C@@H]1CCCN(C(=O)OC(C)(C)C)[C@@H]1C(=O)OC(C)C)OC. The summed E-state index contributed by atoms with van der Waals surface area (Å²) in [6.07, 6.45) is -0.764. The molecule has 1 fully saturated rings. The summed E-state index contributed by atoms with van der Waals surface area (Å²) in [5.74, 6) is -2.05. The van der Waals surface area contributed by atoms with Crippen LogP contribution in [-0.2, 0) is 32.7 Å². The lowest BCUT2D eigenvalue weighted by Gasteiger charge is -2.39. The minimum absolute atomic E-state index is 0.253. The number of rotatable bonds is 7. The number of carbonyl (C=O) groups is 3. The van der Waals surface area contributed by atoms with Crippen molar-refractivity contribution in [1.82, 2.24) is 4.90 Å². The normalized spacial score (nSPS) is 20.8. The summed E-state index contributed by atoms with van der Waals surface area (Å²) in [7, 11) is -1.22. The molecule has 1 amide bonds. The van der Waals surface area contributed by atoms with Gasteiger partial charge in [0.15, 0.2) is 5.78 Å². The molecule has 0 aromatic carbocycles. The second-order valence-electron chi connectivity index (χ2n) is 7.95. The first-order valence-electron chi connectivity index (χ1n) is 9.27. The number of carbonyl (C=O) groups excluding carboxylic acids is 3. The molecular weight excluding hydrogens is 389 g/mol. The fraction of sp³-hybridized carbons (Fsp3) is 0.833. The molecule has 1 aliphatic rings. The standard InChI is InChI=1S/C18H32NO8P/c1-12(2)26-16(21)15-13(14(20)11-28(23,24-6)25-7)9-8-10-19(15)17(22)27-18(3,4)5/h12-13,15H,8-11H2,1-7H3/t13-,15-/m0/s1. The molecule has 1 rings (SSSR count). The predicted molar refractivity (Wildman–Crippen MR) is 102 cm³/mol. The fourth-order valence-corrected chi connectivity index (χ4v) is 3.99. The van der Waals surface area contributed by atoms with Crippen molar-refractivity contribution < 1.29 is 37.5 Å². The fourth-order valence-electron chi connectivity index (χ4n) is 2.96. The highest BCUT2D eigenvalue weighted by Crippen LogP contribution is 2.47. The number of ether oxygens (including phenoxy) is 2. The van der Waals surface area contributed by atoms with Crippen LogP contribution in [0.4, 0.5) is 4.79 Å². The van der Waals surface area contributed by atoms with Gasteiger partial charge < -0.3 is 18.5 Å². The summed E-state index contributed by atoms with van der Waals surface area (Å²) in [6, 6.07) is -1.15. The summed E-state index contributed by atoms with van der Waals surface area (Å²) >= 11 is 0. The van der Waals surface area contributed by atoms with Crippen molar-refractivity contribution in [3.63, 3.8) is 0 Å². The van der Waals surface area contributed by atoms with Gasteiger partial charge in [0.25, 0.3) is 0 Å². The molecule has 0 aliphatic carbocycles. The van der Waals surface area contributed by atoms with Gasteiger partial charge in [0, 0.05) is 26.7 Å². The highest BCUT2D eigenvalue weighted by molar-refractivity contribution is 7.54. The van der Waals surface area contributed by atoms with Crippen LogP contribution in [0.1, 0.15) is 47.5 Å². The molecule has 0 bridgehead atoms. The summed E-state index contributed by atoms with van der Waals surface area (Å²) < 4.78 is 32.7. The van der Waals surface area contributed by atoms with Crippen LogP contribution in [0.15, 0.2) is 0 Å². The molecule has 0 unspecified atom stereocenters. The molecular formula is C18H32NO8P. The van der Waals surface area contributed by atoms with Crippen molar-refractivity contribution in [1.29, 1.82) is 0 Å². The van der Waals surface area contributed by atoms with E-state index in [0.717, 1.165) is 0 Å². The average molecular weight is 421 g/mol. The van der Waals surface area contributed by atoms with E-state index in [4.69, 9.17) is 18.5 Å². The number of ketones is 1. The Morgan fingerprint density at radius 2 is 1.71 bits per heavy atom. The zero-order chi connectivity index (χ0) is 21.7. The topological polar surface area (TPSA) is 108 Å². The first kappa shape index (κ1) is 24.6. The van der Waals surface area contributed by atoms with E-state index in [1.807, 2.05) is 0 Å². The monoisotopic (exact) mass is 421 g/mol. The Morgan fingerprint density at radius 1 is 1.14 bits per heavy atom. The molecule has 0 aromatic heterocycles. The molecule has 162 valence electrons. The number of hydrogen-bond acceptors (Lipinski definition) is 8. The first-order valence-corrected chi connectivity index (χ1v) is 11.0. The van der Waals surface area contributed by atoms with Crippen LogP contribution in [0, 0.1) is 5.92 Å². The second kappa shape index (κ2) is 9.85. The highest BCUT2D eigenvalue weighted by Gasteiger charge is 2.46.